The Kier molecular flexibility index (Phi) is 4.23. The summed E-state index contributed by atoms with van der Waals surface area (Å²) in [4.78, 5) is 20.5. The fraction of sp³-hybridized carbons (Fsp3) is 0.643. The highest BCUT2D eigenvalue weighted by atomic mass is 16.6. The molecular formula is C14H22N4O2. The normalized spacial score (nSPS) is 22.6. The molecule has 2 atom stereocenters. The van der Waals surface area contributed by atoms with E-state index in [1.165, 1.54) is 0 Å². The molecule has 2 rings (SSSR count). The number of amides is 1. The van der Waals surface area contributed by atoms with Gasteiger partial charge in [0.15, 0.2) is 0 Å². The largest absolute Gasteiger partial charge is 0.444 e. The van der Waals surface area contributed by atoms with Crippen LogP contribution in [0.4, 0.5) is 4.79 Å². The van der Waals surface area contributed by atoms with E-state index in [1.807, 2.05) is 27.7 Å². The van der Waals surface area contributed by atoms with Gasteiger partial charge < -0.3 is 15.4 Å². The topological polar surface area (TPSA) is 76.1 Å². The lowest BCUT2D eigenvalue weighted by Gasteiger charge is -2.24. The highest BCUT2D eigenvalue weighted by molar-refractivity contribution is 5.68. The number of aryl methyl sites for hydroxylation is 1. The zero-order valence-electron chi connectivity index (χ0n) is 12.4. The minimum absolute atomic E-state index is 0.0174. The number of nitrogens with zero attached hydrogens (tertiary/aromatic N) is 2. The van der Waals surface area contributed by atoms with Crippen LogP contribution < -0.4 is 10.6 Å². The van der Waals surface area contributed by atoms with Crippen LogP contribution in [-0.2, 0) is 4.74 Å². The number of alkyl carbamates (subject to hydrolysis) is 1. The Labute approximate surface area is 119 Å². The SMILES string of the molecule is Cc1nccnc1[C@@H]1NCC[C@H]1NC(=O)OC(C)(C)C. The number of hydrogen-bond donors (Lipinski definition) is 2. The van der Waals surface area contributed by atoms with Crippen molar-refractivity contribution in [2.45, 2.75) is 51.8 Å². The number of ether oxygens (including phenoxy) is 1. The van der Waals surface area contributed by atoms with Gasteiger partial charge >= 0.3 is 6.09 Å². The van der Waals surface area contributed by atoms with Gasteiger partial charge in [-0.15, -0.1) is 0 Å². The standard InChI is InChI=1S/C14H22N4O2/c1-9-11(17-8-7-15-9)12-10(5-6-16-12)18-13(19)20-14(2,3)4/h7-8,10,12,16H,5-6H2,1-4H3,(H,18,19)/t10-,12-/m1/s1. The molecule has 0 aromatic carbocycles. The molecule has 1 saturated heterocycles. The van der Waals surface area contributed by atoms with Crippen molar-refractivity contribution in [2.24, 2.45) is 0 Å². The van der Waals surface area contributed by atoms with Gasteiger partial charge in [-0.2, -0.15) is 0 Å². The molecule has 6 nitrogen and oxygen atoms in total. The third-order valence-electron chi connectivity index (χ3n) is 3.14. The third kappa shape index (κ3) is 3.66. The summed E-state index contributed by atoms with van der Waals surface area (Å²) in [5, 5.41) is 6.28. The van der Waals surface area contributed by atoms with Crippen LogP contribution in [0.3, 0.4) is 0 Å². The van der Waals surface area contributed by atoms with Gasteiger partial charge in [0, 0.05) is 12.4 Å². The molecule has 1 aliphatic rings. The first-order valence-electron chi connectivity index (χ1n) is 6.87. The lowest BCUT2D eigenvalue weighted by Crippen LogP contribution is -2.42. The summed E-state index contributed by atoms with van der Waals surface area (Å²) in [7, 11) is 0. The van der Waals surface area contributed by atoms with E-state index in [-0.39, 0.29) is 12.1 Å². The molecule has 0 unspecified atom stereocenters. The van der Waals surface area contributed by atoms with Crippen LogP contribution in [-0.4, -0.2) is 34.2 Å². The van der Waals surface area contributed by atoms with Gasteiger partial charge in [0.2, 0.25) is 0 Å². The Morgan fingerprint density at radius 2 is 2.10 bits per heavy atom. The summed E-state index contributed by atoms with van der Waals surface area (Å²) < 4.78 is 5.30. The molecule has 110 valence electrons. The molecule has 2 heterocycles. The summed E-state index contributed by atoms with van der Waals surface area (Å²) in [6, 6.07) is -0.0449. The van der Waals surface area contributed by atoms with E-state index in [0.29, 0.717) is 0 Å². The van der Waals surface area contributed by atoms with Gasteiger partial charge in [-0.1, -0.05) is 0 Å². The summed E-state index contributed by atoms with van der Waals surface area (Å²) in [5.74, 6) is 0. The lowest BCUT2D eigenvalue weighted by atomic mass is 10.0. The quantitative estimate of drug-likeness (QED) is 0.861. The molecule has 1 fully saturated rings. The van der Waals surface area contributed by atoms with Crippen LogP contribution >= 0.6 is 0 Å². The van der Waals surface area contributed by atoms with Crippen molar-refractivity contribution in [3.8, 4) is 0 Å². The fourth-order valence-electron chi connectivity index (χ4n) is 2.33. The Bertz CT molecular complexity index is 484. The maximum Gasteiger partial charge on any atom is 0.407 e. The molecule has 1 amide bonds. The molecule has 0 aliphatic carbocycles. The minimum Gasteiger partial charge on any atom is -0.444 e. The second-order valence-electron chi connectivity index (χ2n) is 6.00. The van der Waals surface area contributed by atoms with E-state index in [0.717, 1.165) is 24.4 Å². The second-order valence-corrected chi connectivity index (χ2v) is 6.00. The number of carbonyl (C=O) groups excluding carboxylic acids is 1. The highest BCUT2D eigenvalue weighted by Gasteiger charge is 2.32. The third-order valence-corrected chi connectivity index (χ3v) is 3.14. The van der Waals surface area contributed by atoms with Gasteiger partial charge in [-0.3, -0.25) is 9.97 Å². The number of aromatic nitrogens is 2. The van der Waals surface area contributed by atoms with E-state index < -0.39 is 11.7 Å². The predicted octanol–water partition coefficient (Wildman–Crippen LogP) is 1.71. The molecule has 0 spiro atoms. The molecule has 1 aromatic heterocycles. The van der Waals surface area contributed by atoms with Crippen molar-refractivity contribution in [1.82, 2.24) is 20.6 Å². The first-order chi connectivity index (χ1) is 9.37. The van der Waals surface area contributed by atoms with Crippen molar-refractivity contribution in [3.63, 3.8) is 0 Å². The molecule has 20 heavy (non-hydrogen) atoms. The summed E-state index contributed by atoms with van der Waals surface area (Å²) in [6.07, 6.45) is 3.80. The second kappa shape index (κ2) is 5.75. The minimum atomic E-state index is -0.492. The Morgan fingerprint density at radius 1 is 1.40 bits per heavy atom. The summed E-state index contributed by atoms with van der Waals surface area (Å²) in [5.41, 5.74) is 1.27. The van der Waals surface area contributed by atoms with Gasteiger partial charge in [0.1, 0.15) is 5.60 Å². The van der Waals surface area contributed by atoms with Gasteiger partial charge in [-0.25, -0.2) is 4.79 Å². The smallest absolute Gasteiger partial charge is 0.407 e. The van der Waals surface area contributed by atoms with E-state index >= 15 is 0 Å². The van der Waals surface area contributed by atoms with Crippen LogP contribution in [0.5, 0.6) is 0 Å². The van der Waals surface area contributed by atoms with Gasteiger partial charge in [0.05, 0.1) is 23.5 Å². The number of rotatable bonds is 2. The van der Waals surface area contributed by atoms with Crippen molar-refractivity contribution in [2.75, 3.05) is 6.54 Å². The zero-order valence-corrected chi connectivity index (χ0v) is 12.4. The average Bonchev–Trinajstić information content (AvgIpc) is 2.75. The Balaban J connectivity index is 2.05. The van der Waals surface area contributed by atoms with Crippen LogP contribution in [0.2, 0.25) is 0 Å². The molecule has 2 N–H and O–H groups in total. The van der Waals surface area contributed by atoms with Crippen LogP contribution in [0.25, 0.3) is 0 Å². The average molecular weight is 278 g/mol. The van der Waals surface area contributed by atoms with Crippen LogP contribution in [0.15, 0.2) is 12.4 Å². The number of hydrogen-bond acceptors (Lipinski definition) is 5. The van der Waals surface area contributed by atoms with E-state index in [4.69, 9.17) is 4.74 Å². The van der Waals surface area contributed by atoms with Gasteiger partial charge in [0.25, 0.3) is 0 Å². The molecule has 0 radical (unpaired) electrons. The highest BCUT2D eigenvalue weighted by Crippen LogP contribution is 2.24. The van der Waals surface area contributed by atoms with Crippen molar-refractivity contribution in [3.05, 3.63) is 23.8 Å². The van der Waals surface area contributed by atoms with E-state index in [2.05, 4.69) is 20.6 Å². The van der Waals surface area contributed by atoms with Crippen molar-refractivity contribution >= 4 is 6.09 Å². The number of nitrogens with one attached hydrogen (secondary N) is 2. The monoisotopic (exact) mass is 278 g/mol. The summed E-state index contributed by atoms with van der Waals surface area (Å²) in [6.45, 7) is 8.31. The first-order valence-corrected chi connectivity index (χ1v) is 6.87. The molecular weight excluding hydrogens is 256 g/mol. The summed E-state index contributed by atoms with van der Waals surface area (Å²) >= 11 is 0. The van der Waals surface area contributed by atoms with E-state index in [9.17, 15) is 4.79 Å². The Morgan fingerprint density at radius 3 is 2.75 bits per heavy atom. The van der Waals surface area contributed by atoms with Crippen LogP contribution in [0.1, 0.15) is 44.6 Å². The molecule has 0 bridgehead atoms. The fourth-order valence-corrected chi connectivity index (χ4v) is 2.33. The first kappa shape index (κ1) is 14.7. The van der Waals surface area contributed by atoms with Crippen LogP contribution in [0, 0.1) is 6.92 Å². The van der Waals surface area contributed by atoms with E-state index in [1.54, 1.807) is 12.4 Å². The maximum atomic E-state index is 11.9. The maximum absolute atomic E-state index is 11.9. The lowest BCUT2D eigenvalue weighted by molar-refractivity contribution is 0.0500. The molecule has 1 aliphatic heterocycles. The van der Waals surface area contributed by atoms with Crippen molar-refractivity contribution in [1.29, 1.82) is 0 Å². The zero-order chi connectivity index (χ0) is 14.8. The molecule has 0 saturated carbocycles. The molecule has 1 aromatic rings. The van der Waals surface area contributed by atoms with Gasteiger partial charge in [-0.05, 0) is 40.7 Å². The molecule has 6 heteroatoms. The number of carbonyl (C=O) groups is 1. The van der Waals surface area contributed by atoms with Crippen molar-refractivity contribution < 1.29 is 9.53 Å². The Hall–Kier alpha value is -1.69. The predicted molar refractivity (Wildman–Crippen MR) is 75.3 cm³/mol.